The minimum atomic E-state index is 0.00475. The van der Waals surface area contributed by atoms with Crippen molar-refractivity contribution in [1.82, 2.24) is 0 Å². The van der Waals surface area contributed by atoms with Crippen molar-refractivity contribution in [2.24, 2.45) is 0 Å². The van der Waals surface area contributed by atoms with Crippen molar-refractivity contribution in [3.05, 3.63) is 42.0 Å². The number of ether oxygens (including phenoxy) is 3. The number of methoxy groups -OCH3 is 3. The van der Waals surface area contributed by atoms with Gasteiger partial charge < -0.3 is 24.6 Å². The van der Waals surface area contributed by atoms with Crippen LogP contribution in [0.2, 0.25) is 0 Å². The van der Waals surface area contributed by atoms with Crippen LogP contribution in [0.3, 0.4) is 0 Å². The Morgan fingerprint density at radius 2 is 1.62 bits per heavy atom. The lowest BCUT2D eigenvalue weighted by Crippen LogP contribution is -2.01. The van der Waals surface area contributed by atoms with Crippen LogP contribution in [0.15, 0.2) is 36.4 Å². The Balaban J connectivity index is 2.15. The molecule has 2 N–H and O–H groups in total. The van der Waals surface area contributed by atoms with Crippen LogP contribution in [0.5, 0.6) is 23.0 Å². The fraction of sp³-hybridized carbons (Fsp3) is 0.250. The summed E-state index contributed by atoms with van der Waals surface area (Å²) in [7, 11) is 4.65. The summed E-state index contributed by atoms with van der Waals surface area (Å²) in [5, 5.41) is 13.2. The van der Waals surface area contributed by atoms with Crippen molar-refractivity contribution >= 4 is 5.69 Å². The smallest absolute Gasteiger partial charge is 0.200 e. The Bertz CT molecular complexity index is 588. The van der Waals surface area contributed by atoms with E-state index in [4.69, 9.17) is 14.2 Å². The van der Waals surface area contributed by atoms with Crippen LogP contribution in [0, 0.1) is 0 Å². The van der Waals surface area contributed by atoms with Gasteiger partial charge in [0.1, 0.15) is 5.75 Å². The maximum atomic E-state index is 9.88. The molecule has 0 aromatic heterocycles. The second-order valence-electron chi connectivity index (χ2n) is 4.43. The van der Waals surface area contributed by atoms with Gasteiger partial charge in [-0.15, -0.1) is 0 Å². The zero-order valence-electron chi connectivity index (χ0n) is 12.3. The number of phenols is 1. The summed E-state index contributed by atoms with van der Waals surface area (Å²) in [4.78, 5) is 0. The Labute approximate surface area is 124 Å². The molecular weight excluding hydrogens is 270 g/mol. The molecule has 0 atom stereocenters. The first kappa shape index (κ1) is 14.8. The maximum Gasteiger partial charge on any atom is 0.200 e. The molecule has 0 aliphatic rings. The molecular formula is C16H19NO4. The molecule has 0 fully saturated rings. The van der Waals surface area contributed by atoms with E-state index in [1.807, 2.05) is 24.3 Å². The van der Waals surface area contributed by atoms with Gasteiger partial charge in [-0.25, -0.2) is 0 Å². The molecule has 0 amide bonds. The summed E-state index contributed by atoms with van der Waals surface area (Å²) >= 11 is 0. The number of hydrogen-bond acceptors (Lipinski definition) is 5. The van der Waals surface area contributed by atoms with E-state index >= 15 is 0 Å². The summed E-state index contributed by atoms with van der Waals surface area (Å²) in [5.41, 5.74) is 1.88. The van der Waals surface area contributed by atoms with E-state index in [1.54, 1.807) is 19.2 Å². The standard InChI is InChI=1S/C16H19NO4/c1-19-13-6-4-5-12(9-13)17-10-11-7-14(20-2)16(18)15(8-11)21-3/h4-9,17-18H,10H2,1-3H3. The molecule has 0 aliphatic carbocycles. The molecule has 5 nitrogen and oxygen atoms in total. The first-order valence-electron chi connectivity index (χ1n) is 6.49. The molecule has 112 valence electrons. The van der Waals surface area contributed by atoms with Gasteiger partial charge in [0.15, 0.2) is 11.5 Å². The van der Waals surface area contributed by atoms with Crippen LogP contribution >= 0.6 is 0 Å². The average Bonchev–Trinajstić information content (AvgIpc) is 2.54. The third kappa shape index (κ3) is 3.51. The van der Waals surface area contributed by atoms with E-state index in [0.717, 1.165) is 17.0 Å². The Kier molecular flexibility index (Phi) is 4.77. The summed E-state index contributed by atoms with van der Waals surface area (Å²) < 4.78 is 15.5. The van der Waals surface area contributed by atoms with E-state index in [-0.39, 0.29) is 5.75 Å². The van der Waals surface area contributed by atoms with Gasteiger partial charge in [-0.2, -0.15) is 0 Å². The van der Waals surface area contributed by atoms with Crippen LogP contribution in [0.1, 0.15) is 5.56 Å². The van der Waals surface area contributed by atoms with E-state index in [1.165, 1.54) is 14.2 Å². The van der Waals surface area contributed by atoms with E-state index in [9.17, 15) is 5.11 Å². The van der Waals surface area contributed by atoms with Gasteiger partial charge in [-0.3, -0.25) is 0 Å². The molecule has 0 heterocycles. The predicted molar refractivity (Wildman–Crippen MR) is 81.5 cm³/mol. The molecule has 21 heavy (non-hydrogen) atoms. The molecule has 0 bridgehead atoms. The SMILES string of the molecule is COc1cccc(NCc2cc(OC)c(O)c(OC)c2)c1. The number of rotatable bonds is 6. The number of hydrogen-bond donors (Lipinski definition) is 2. The highest BCUT2D eigenvalue weighted by Crippen LogP contribution is 2.37. The number of nitrogens with one attached hydrogen (secondary N) is 1. The minimum absolute atomic E-state index is 0.00475. The number of benzene rings is 2. The second kappa shape index (κ2) is 6.74. The van der Waals surface area contributed by atoms with E-state index in [0.29, 0.717) is 18.0 Å². The average molecular weight is 289 g/mol. The highest BCUT2D eigenvalue weighted by molar-refractivity contribution is 5.54. The summed E-state index contributed by atoms with van der Waals surface area (Å²) in [5.74, 6) is 1.57. The first-order chi connectivity index (χ1) is 10.2. The predicted octanol–water partition coefficient (Wildman–Crippen LogP) is 3.03. The van der Waals surface area contributed by atoms with Crippen LogP contribution in [-0.2, 0) is 6.54 Å². The monoisotopic (exact) mass is 289 g/mol. The van der Waals surface area contributed by atoms with Gasteiger partial charge in [0.25, 0.3) is 0 Å². The quantitative estimate of drug-likeness (QED) is 0.856. The third-order valence-corrected chi connectivity index (χ3v) is 3.11. The largest absolute Gasteiger partial charge is 0.502 e. The van der Waals surface area contributed by atoms with Crippen LogP contribution < -0.4 is 19.5 Å². The highest BCUT2D eigenvalue weighted by atomic mass is 16.5. The topological polar surface area (TPSA) is 60.0 Å². The summed E-state index contributed by atoms with van der Waals surface area (Å²) in [6.45, 7) is 0.570. The van der Waals surface area contributed by atoms with Gasteiger partial charge in [0.2, 0.25) is 5.75 Å². The van der Waals surface area contributed by atoms with Crippen molar-refractivity contribution in [2.75, 3.05) is 26.6 Å². The van der Waals surface area contributed by atoms with Crippen molar-refractivity contribution < 1.29 is 19.3 Å². The Morgan fingerprint density at radius 3 is 2.19 bits per heavy atom. The van der Waals surface area contributed by atoms with Gasteiger partial charge in [0.05, 0.1) is 21.3 Å². The van der Waals surface area contributed by atoms with E-state index < -0.39 is 0 Å². The molecule has 2 aromatic rings. The molecule has 0 saturated heterocycles. The first-order valence-corrected chi connectivity index (χ1v) is 6.49. The Morgan fingerprint density at radius 1 is 0.952 bits per heavy atom. The molecule has 0 spiro atoms. The lowest BCUT2D eigenvalue weighted by Gasteiger charge is -2.12. The van der Waals surface area contributed by atoms with Gasteiger partial charge in [0, 0.05) is 18.3 Å². The molecule has 0 unspecified atom stereocenters. The maximum absolute atomic E-state index is 9.88. The fourth-order valence-electron chi connectivity index (χ4n) is 1.99. The third-order valence-electron chi connectivity index (χ3n) is 3.11. The molecule has 0 aliphatic heterocycles. The number of aromatic hydroxyl groups is 1. The lowest BCUT2D eigenvalue weighted by atomic mass is 10.1. The second-order valence-corrected chi connectivity index (χ2v) is 4.43. The zero-order valence-corrected chi connectivity index (χ0v) is 12.3. The molecule has 0 radical (unpaired) electrons. The van der Waals surface area contributed by atoms with Crippen LogP contribution in [0.25, 0.3) is 0 Å². The summed E-state index contributed by atoms with van der Waals surface area (Å²) in [6, 6.07) is 11.2. The highest BCUT2D eigenvalue weighted by Gasteiger charge is 2.11. The van der Waals surface area contributed by atoms with Gasteiger partial charge in [-0.05, 0) is 29.8 Å². The van der Waals surface area contributed by atoms with Crippen molar-refractivity contribution in [1.29, 1.82) is 0 Å². The zero-order chi connectivity index (χ0) is 15.2. The van der Waals surface area contributed by atoms with Gasteiger partial charge in [-0.1, -0.05) is 6.07 Å². The van der Waals surface area contributed by atoms with Gasteiger partial charge >= 0.3 is 0 Å². The summed E-state index contributed by atoms with van der Waals surface area (Å²) in [6.07, 6.45) is 0. The van der Waals surface area contributed by atoms with Crippen molar-refractivity contribution in [2.45, 2.75) is 6.54 Å². The van der Waals surface area contributed by atoms with Crippen LogP contribution in [-0.4, -0.2) is 26.4 Å². The van der Waals surface area contributed by atoms with Crippen molar-refractivity contribution in [3.8, 4) is 23.0 Å². The Hall–Kier alpha value is -2.56. The molecule has 5 heteroatoms. The lowest BCUT2D eigenvalue weighted by molar-refractivity contribution is 0.339. The number of phenolic OH excluding ortho intramolecular Hbond substituents is 1. The normalized spacial score (nSPS) is 10.0. The molecule has 2 aromatic carbocycles. The molecule has 2 rings (SSSR count). The fourth-order valence-corrected chi connectivity index (χ4v) is 1.99. The molecule has 0 saturated carbocycles. The minimum Gasteiger partial charge on any atom is -0.502 e. The number of anilines is 1. The van der Waals surface area contributed by atoms with Crippen LogP contribution in [0.4, 0.5) is 5.69 Å². The van der Waals surface area contributed by atoms with Crippen molar-refractivity contribution in [3.63, 3.8) is 0 Å². The van der Waals surface area contributed by atoms with E-state index in [2.05, 4.69) is 5.32 Å².